The summed E-state index contributed by atoms with van der Waals surface area (Å²) in [6.45, 7) is 0.700. The molecule has 5 rings (SSSR count). The van der Waals surface area contributed by atoms with Crippen LogP contribution in [0.3, 0.4) is 0 Å². The molecule has 3 aromatic rings. The van der Waals surface area contributed by atoms with Crippen LogP contribution in [0.15, 0.2) is 78.0 Å². The molecule has 0 radical (unpaired) electrons. The van der Waals surface area contributed by atoms with E-state index in [-0.39, 0.29) is 18.5 Å². The number of nitrogens with one attached hydrogen (secondary N) is 1. The number of fused-ring (bicyclic) bond motifs is 1. The Morgan fingerprint density at radius 2 is 1.69 bits per heavy atom. The third-order valence-electron chi connectivity index (χ3n) is 5.76. The molecule has 0 aliphatic carbocycles. The fourth-order valence-corrected chi connectivity index (χ4v) is 4.20. The first-order chi connectivity index (χ1) is 15.7. The molecule has 2 aliphatic heterocycles. The molecule has 3 aromatic carbocycles. The van der Waals surface area contributed by atoms with Crippen LogP contribution in [-0.4, -0.2) is 26.8 Å². The third-order valence-corrected chi connectivity index (χ3v) is 5.76. The van der Waals surface area contributed by atoms with E-state index in [1.807, 2.05) is 66.7 Å². The van der Waals surface area contributed by atoms with Crippen LogP contribution in [0.2, 0.25) is 0 Å². The fraction of sp³-hybridized carbons (Fsp3) is 0.192. The van der Waals surface area contributed by atoms with E-state index in [0.29, 0.717) is 23.7 Å². The predicted molar refractivity (Wildman–Crippen MR) is 120 cm³/mol. The number of methoxy groups -OCH3 is 2. The maximum Gasteiger partial charge on any atom is 0.337 e. The molecule has 162 valence electrons. The molecule has 1 N–H and O–H groups in total. The molecule has 2 aliphatic rings. The number of benzene rings is 3. The average molecular weight is 429 g/mol. The van der Waals surface area contributed by atoms with E-state index in [0.717, 1.165) is 33.8 Å². The second-order valence-corrected chi connectivity index (χ2v) is 7.70. The van der Waals surface area contributed by atoms with E-state index in [1.165, 1.54) is 0 Å². The number of rotatable bonds is 6. The van der Waals surface area contributed by atoms with Crippen molar-refractivity contribution in [1.82, 2.24) is 0 Å². The Balaban J connectivity index is 1.53. The minimum Gasteiger partial charge on any atom is -0.497 e. The largest absolute Gasteiger partial charge is 0.497 e. The van der Waals surface area contributed by atoms with Gasteiger partial charge >= 0.3 is 5.97 Å². The topological polar surface area (TPSA) is 66.0 Å². The van der Waals surface area contributed by atoms with Gasteiger partial charge in [0.1, 0.15) is 30.5 Å². The number of carbonyl (C=O) groups is 1. The third kappa shape index (κ3) is 3.64. The van der Waals surface area contributed by atoms with Crippen LogP contribution in [-0.2, 0) is 16.1 Å². The second kappa shape index (κ2) is 8.30. The van der Waals surface area contributed by atoms with Gasteiger partial charge in [-0.1, -0.05) is 36.4 Å². The first-order valence-electron chi connectivity index (χ1n) is 10.4. The van der Waals surface area contributed by atoms with Gasteiger partial charge in [-0.15, -0.1) is 0 Å². The zero-order valence-corrected chi connectivity index (χ0v) is 17.9. The van der Waals surface area contributed by atoms with Gasteiger partial charge in [-0.05, 0) is 34.9 Å². The molecule has 0 aromatic heterocycles. The summed E-state index contributed by atoms with van der Waals surface area (Å²) in [6.07, 6.45) is 0. The number of hydrogen-bond donors (Lipinski definition) is 1. The standard InChI is InChI=1S/C26H23NO5/c1-29-19-10-17(11-20(12-19)30-2)24-21-9-8-18(31-14-16-6-4-3-5-7-16)13-22(21)27-23-15-32-26(28)25(23)24/h3-13,24,27H,14-15H2,1-2H3. The number of carbonyl (C=O) groups excluding carboxylic acids is 1. The minimum atomic E-state index is -0.311. The smallest absolute Gasteiger partial charge is 0.337 e. The predicted octanol–water partition coefficient (Wildman–Crippen LogP) is 4.65. The van der Waals surface area contributed by atoms with Crippen LogP contribution >= 0.6 is 0 Å². The molecular formula is C26H23NO5. The van der Waals surface area contributed by atoms with E-state index >= 15 is 0 Å². The lowest BCUT2D eigenvalue weighted by Gasteiger charge is -2.28. The second-order valence-electron chi connectivity index (χ2n) is 7.70. The van der Waals surface area contributed by atoms with Gasteiger partial charge in [-0.2, -0.15) is 0 Å². The first-order valence-corrected chi connectivity index (χ1v) is 10.4. The highest BCUT2D eigenvalue weighted by Crippen LogP contribution is 2.46. The van der Waals surface area contributed by atoms with Crippen LogP contribution < -0.4 is 19.5 Å². The monoisotopic (exact) mass is 429 g/mol. The summed E-state index contributed by atoms with van der Waals surface area (Å²) in [7, 11) is 3.22. The highest BCUT2D eigenvalue weighted by molar-refractivity contribution is 5.97. The Hall–Kier alpha value is -3.93. The summed E-state index contributed by atoms with van der Waals surface area (Å²) in [5.41, 5.74) is 5.23. The SMILES string of the molecule is COc1cc(OC)cc(C2C3=C(COC3=O)Nc3cc(OCc4ccccc4)ccc32)c1. The maximum absolute atomic E-state index is 12.6. The number of anilines is 1. The van der Waals surface area contributed by atoms with Crippen LogP contribution in [0.5, 0.6) is 17.2 Å². The minimum absolute atomic E-state index is 0.223. The van der Waals surface area contributed by atoms with Crippen LogP contribution in [0.1, 0.15) is 22.6 Å². The van der Waals surface area contributed by atoms with Crippen molar-refractivity contribution in [2.45, 2.75) is 12.5 Å². The number of hydrogen-bond acceptors (Lipinski definition) is 6. The summed E-state index contributed by atoms with van der Waals surface area (Å²) in [6, 6.07) is 21.6. The summed E-state index contributed by atoms with van der Waals surface area (Å²) < 4.78 is 22.3. The van der Waals surface area contributed by atoms with Gasteiger partial charge < -0.3 is 24.3 Å². The summed E-state index contributed by atoms with van der Waals surface area (Å²) in [5.74, 6) is 1.46. The molecule has 32 heavy (non-hydrogen) atoms. The molecule has 6 heteroatoms. The molecule has 1 unspecified atom stereocenters. The molecule has 0 fully saturated rings. The molecule has 6 nitrogen and oxygen atoms in total. The van der Waals surface area contributed by atoms with Gasteiger partial charge in [0.25, 0.3) is 0 Å². The van der Waals surface area contributed by atoms with Gasteiger partial charge in [-0.3, -0.25) is 0 Å². The normalized spacial score (nSPS) is 16.6. The Labute approximate surface area is 186 Å². The molecule has 0 spiro atoms. The zero-order chi connectivity index (χ0) is 22.1. The van der Waals surface area contributed by atoms with Crippen LogP contribution in [0.25, 0.3) is 0 Å². The van der Waals surface area contributed by atoms with Crippen molar-refractivity contribution in [2.24, 2.45) is 0 Å². The zero-order valence-electron chi connectivity index (χ0n) is 17.9. The Morgan fingerprint density at radius 3 is 2.41 bits per heavy atom. The summed E-state index contributed by atoms with van der Waals surface area (Å²) in [5, 5.41) is 3.38. The highest BCUT2D eigenvalue weighted by atomic mass is 16.5. The lowest BCUT2D eigenvalue weighted by Crippen LogP contribution is -2.20. The molecule has 0 bridgehead atoms. The van der Waals surface area contributed by atoms with E-state index in [1.54, 1.807) is 14.2 Å². The molecule has 1 atom stereocenters. The molecule has 0 saturated carbocycles. The first kappa shape index (κ1) is 20.0. The number of esters is 1. The van der Waals surface area contributed by atoms with Crippen LogP contribution in [0, 0.1) is 0 Å². The Kier molecular flexibility index (Phi) is 5.19. The van der Waals surface area contributed by atoms with E-state index in [4.69, 9.17) is 18.9 Å². The van der Waals surface area contributed by atoms with E-state index in [9.17, 15) is 4.79 Å². The van der Waals surface area contributed by atoms with Gasteiger partial charge in [-0.25, -0.2) is 4.79 Å². The van der Waals surface area contributed by atoms with Crippen molar-refractivity contribution in [2.75, 3.05) is 26.1 Å². The van der Waals surface area contributed by atoms with Crippen LogP contribution in [0.4, 0.5) is 5.69 Å². The Bertz CT molecular complexity index is 1180. The molecule has 2 heterocycles. The van der Waals surface area contributed by atoms with Crippen molar-refractivity contribution in [1.29, 1.82) is 0 Å². The van der Waals surface area contributed by atoms with Crippen molar-refractivity contribution in [3.63, 3.8) is 0 Å². The van der Waals surface area contributed by atoms with Crippen molar-refractivity contribution in [3.05, 3.63) is 94.7 Å². The lowest BCUT2D eigenvalue weighted by molar-refractivity contribution is -0.136. The van der Waals surface area contributed by atoms with Gasteiger partial charge in [0, 0.05) is 23.7 Å². The fourth-order valence-electron chi connectivity index (χ4n) is 4.20. The lowest BCUT2D eigenvalue weighted by atomic mass is 9.81. The average Bonchev–Trinajstić information content (AvgIpc) is 3.21. The quantitative estimate of drug-likeness (QED) is 0.576. The van der Waals surface area contributed by atoms with Crippen molar-refractivity contribution in [3.8, 4) is 17.2 Å². The van der Waals surface area contributed by atoms with Crippen molar-refractivity contribution >= 4 is 11.7 Å². The summed E-state index contributed by atoms with van der Waals surface area (Å²) >= 11 is 0. The molecule has 0 saturated heterocycles. The van der Waals surface area contributed by atoms with E-state index in [2.05, 4.69) is 5.32 Å². The number of cyclic esters (lactones) is 1. The highest BCUT2D eigenvalue weighted by Gasteiger charge is 2.38. The number of ether oxygens (including phenoxy) is 4. The maximum atomic E-state index is 12.6. The Morgan fingerprint density at radius 1 is 0.938 bits per heavy atom. The van der Waals surface area contributed by atoms with Crippen molar-refractivity contribution < 1.29 is 23.7 Å². The van der Waals surface area contributed by atoms with Gasteiger partial charge in [0.05, 0.1) is 25.5 Å². The summed E-state index contributed by atoms with van der Waals surface area (Å²) in [4.78, 5) is 12.6. The van der Waals surface area contributed by atoms with Gasteiger partial charge in [0.2, 0.25) is 0 Å². The van der Waals surface area contributed by atoms with E-state index < -0.39 is 0 Å². The molecular weight excluding hydrogens is 406 g/mol. The van der Waals surface area contributed by atoms with Gasteiger partial charge in [0.15, 0.2) is 0 Å². The molecule has 0 amide bonds.